The van der Waals surface area contributed by atoms with Crippen molar-refractivity contribution in [2.75, 3.05) is 10.8 Å². The van der Waals surface area contributed by atoms with Crippen LogP contribution in [0.3, 0.4) is 0 Å². The van der Waals surface area contributed by atoms with Gasteiger partial charge in [-0.25, -0.2) is 23.5 Å². The Balaban J connectivity index is 1.46. The number of ketones is 1. The summed E-state index contributed by atoms with van der Waals surface area (Å²) in [5.41, 5.74) is 3.74. The van der Waals surface area contributed by atoms with Crippen LogP contribution < -0.4 is 10.0 Å². The third-order valence-electron chi connectivity index (χ3n) is 6.70. The lowest BCUT2D eigenvalue weighted by atomic mass is 10.00. The molecule has 1 aromatic carbocycles. The Bertz CT molecular complexity index is 1720. The van der Waals surface area contributed by atoms with Crippen molar-refractivity contribution in [1.82, 2.24) is 15.0 Å². The third-order valence-corrected chi connectivity index (χ3v) is 7.44. The van der Waals surface area contributed by atoms with Crippen LogP contribution >= 0.6 is 0 Å². The van der Waals surface area contributed by atoms with E-state index in [2.05, 4.69) is 15.0 Å². The molecule has 1 saturated carbocycles. The molecule has 4 aromatic rings. The van der Waals surface area contributed by atoms with Gasteiger partial charge in [-0.05, 0) is 30.7 Å². The van der Waals surface area contributed by atoms with Crippen LogP contribution in [0, 0.1) is 11.6 Å². The van der Waals surface area contributed by atoms with E-state index in [0.717, 1.165) is 12.1 Å². The first kappa shape index (κ1) is 28.0. The highest BCUT2D eigenvalue weighted by atomic mass is 32.2. The van der Waals surface area contributed by atoms with Gasteiger partial charge >= 0.3 is 5.97 Å². The van der Waals surface area contributed by atoms with Crippen LogP contribution in [0.5, 0.6) is 0 Å². The topological polar surface area (TPSA) is 171 Å². The van der Waals surface area contributed by atoms with Crippen molar-refractivity contribution < 1.29 is 36.7 Å². The molecule has 3 aromatic heterocycles. The minimum Gasteiger partial charge on any atom is -0.755 e. The molecule has 0 bridgehead atoms. The summed E-state index contributed by atoms with van der Waals surface area (Å²) in [6.45, 7) is 1.62. The van der Waals surface area contributed by atoms with Gasteiger partial charge in [0.05, 0.1) is 11.3 Å². The van der Waals surface area contributed by atoms with Crippen LogP contribution in [0.25, 0.3) is 22.2 Å². The normalized spacial score (nSPS) is 14.4. The number of aromatic amines is 1. The third kappa shape index (κ3) is 5.18. The van der Waals surface area contributed by atoms with Crippen LogP contribution in [0.15, 0.2) is 48.9 Å². The SMILES string of the molecule is CCCN(c1ccc(F)c(C(=O)c2c[nH]c3ncc(-c4ccc(C(=O)OC5(C(N)=O)CC5)nc4)cc23)c1F)S(=O)[O-]. The Kier molecular flexibility index (Phi) is 7.36. The minimum absolute atomic E-state index is 0.0465. The molecule has 1 unspecified atom stereocenters. The van der Waals surface area contributed by atoms with Gasteiger partial charge in [0.1, 0.15) is 17.2 Å². The van der Waals surface area contributed by atoms with Gasteiger partial charge in [-0.3, -0.25) is 18.1 Å². The molecule has 3 heterocycles. The first-order valence-corrected chi connectivity index (χ1v) is 13.5. The maximum Gasteiger partial charge on any atom is 0.357 e. The lowest BCUT2D eigenvalue weighted by Crippen LogP contribution is -2.35. The molecular formula is C27H22F2N5O6S-. The van der Waals surface area contributed by atoms with Crippen LogP contribution in [-0.4, -0.2) is 53.5 Å². The number of ether oxygens (including phenoxy) is 1. The van der Waals surface area contributed by atoms with Gasteiger partial charge in [0.15, 0.2) is 11.4 Å². The molecule has 1 atom stereocenters. The molecule has 1 amide bonds. The Morgan fingerprint density at radius 1 is 1.15 bits per heavy atom. The Hall–Kier alpha value is -4.56. The second-order valence-electron chi connectivity index (χ2n) is 9.41. The number of nitrogens with zero attached hydrogens (tertiary/aromatic N) is 3. The maximum absolute atomic E-state index is 15.4. The number of primary amides is 1. The van der Waals surface area contributed by atoms with E-state index in [4.69, 9.17) is 10.5 Å². The highest BCUT2D eigenvalue weighted by molar-refractivity contribution is 7.80. The van der Waals surface area contributed by atoms with Gasteiger partial charge in [-0.2, -0.15) is 0 Å². The highest BCUT2D eigenvalue weighted by Crippen LogP contribution is 2.40. The number of carbonyl (C=O) groups is 3. The fourth-order valence-corrected chi connectivity index (χ4v) is 4.97. The number of halogens is 2. The molecule has 212 valence electrons. The number of rotatable bonds is 10. The molecule has 41 heavy (non-hydrogen) atoms. The zero-order chi connectivity index (χ0) is 29.5. The second-order valence-corrected chi connectivity index (χ2v) is 10.3. The van der Waals surface area contributed by atoms with Crippen molar-refractivity contribution in [3.8, 4) is 11.1 Å². The summed E-state index contributed by atoms with van der Waals surface area (Å²) in [5.74, 6) is -4.99. The molecule has 0 radical (unpaired) electrons. The van der Waals surface area contributed by atoms with Crippen molar-refractivity contribution in [3.05, 3.63) is 77.4 Å². The number of fused-ring (bicyclic) bond motifs is 1. The predicted molar refractivity (Wildman–Crippen MR) is 142 cm³/mol. The van der Waals surface area contributed by atoms with Crippen LogP contribution in [0.1, 0.15) is 52.6 Å². The van der Waals surface area contributed by atoms with Gasteiger partial charge < -0.3 is 20.0 Å². The Morgan fingerprint density at radius 3 is 2.49 bits per heavy atom. The van der Waals surface area contributed by atoms with Crippen LogP contribution in [0.4, 0.5) is 14.5 Å². The number of benzene rings is 1. The molecule has 1 aliphatic carbocycles. The quantitative estimate of drug-likeness (QED) is 0.163. The number of H-pyrrole nitrogens is 1. The number of anilines is 1. The zero-order valence-corrected chi connectivity index (χ0v) is 22.3. The fraction of sp³-hybridized carbons (Fsp3) is 0.222. The monoisotopic (exact) mass is 582 g/mol. The average Bonchev–Trinajstić information content (AvgIpc) is 3.61. The molecular weight excluding hydrogens is 560 g/mol. The van der Waals surface area contributed by atoms with E-state index in [1.165, 1.54) is 24.7 Å². The molecule has 0 saturated heterocycles. The summed E-state index contributed by atoms with van der Waals surface area (Å²) in [6.07, 6.45) is 5.16. The van der Waals surface area contributed by atoms with Gasteiger partial charge in [0.2, 0.25) is 5.78 Å². The number of hydrogen-bond donors (Lipinski definition) is 2. The lowest BCUT2D eigenvalue weighted by molar-refractivity contribution is -0.128. The molecule has 11 nitrogen and oxygen atoms in total. The van der Waals surface area contributed by atoms with E-state index >= 15 is 4.39 Å². The number of amides is 1. The molecule has 1 aliphatic rings. The molecule has 5 rings (SSSR count). The molecule has 14 heteroatoms. The molecule has 0 aliphatic heterocycles. The summed E-state index contributed by atoms with van der Waals surface area (Å²) in [6, 6.07) is 6.31. The first-order chi connectivity index (χ1) is 19.6. The van der Waals surface area contributed by atoms with Crippen molar-refractivity contribution in [1.29, 1.82) is 0 Å². The zero-order valence-electron chi connectivity index (χ0n) is 21.5. The number of aromatic nitrogens is 3. The van der Waals surface area contributed by atoms with Gasteiger partial charge in [0, 0.05) is 71.3 Å². The summed E-state index contributed by atoms with van der Waals surface area (Å²) < 4.78 is 59.5. The predicted octanol–water partition coefficient (Wildman–Crippen LogP) is 3.32. The van der Waals surface area contributed by atoms with E-state index in [9.17, 15) is 27.5 Å². The average molecular weight is 583 g/mol. The number of pyridine rings is 2. The molecule has 3 N–H and O–H groups in total. The number of nitrogens with one attached hydrogen (secondary N) is 1. The van der Waals surface area contributed by atoms with Gasteiger partial charge in [-0.1, -0.05) is 13.0 Å². The van der Waals surface area contributed by atoms with Gasteiger partial charge in [0.25, 0.3) is 5.91 Å². The largest absolute Gasteiger partial charge is 0.755 e. The van der Waals surface area contributed by atoms with Crippen molar-refractivity contribution in [2.45, 2.75) is 31.8 Å². The second kappa shape index (κ2) is 10.8. The summed E-state index contributed by atoms with van der Waals surface area (Å²) >= 11 is -2.85. The number of esters is 1. The summed E-state index contributed by atoms with van der Waals surface area (Å²) in [5, 5.41) is 0.245. The Morgan fingerprint density at radius 2 is 1.88 bits per heavy atom. The van der Waals surface area contributed by atoms with Gasteiger partial charge in [-0.15, -0.1) is 0 Å². The van der Waals surface area contributed by atoms with E-state index < -0.39 is 57.4 Å². The number of carbonyl (C=O) groups excluding carboxylic acids is 3. The lowest BCUT2D eigenvalue weighted by Gasteiger charge is -2.26. The molecule has 1 fully saturated rings. The standard InChI is InChI=1S/C27H23F2N5O6S/c1-2-9-34(41(38)39)20-6-4-18(28)21(22(20)29)23(35)17-13-33-24-16(17)10-15(12-32-24)14-3-5-19(31-11-14)25(36)40-27(7-8-27)26(30)37/h3-6,10-13H,2,7-9H2,1H3,(H2,30,37)(H,32,33)(H,38,39)/p-1. The van der Waals surface area contributed by atoms with Crippen molar-refractivity contribution in [3.63, 3.8) is 0 Å². The summed E-state index contributed by atoms with van der Waals surface area (Å²) in [4.78, 5) is 48.5. The van der Waals surface area contributed by atoms with Crippen molar-refractivity contribution in [2.24, 2.45) is 5.73 Å². The maximum atomic E-state index is 15.4. The highest BCUT2D eigenvalue weighted by Gasteiger charge is 2.53. The summed E-state index contributed by atoms with van der Waals surface area (Å²) in [7, 11) is 0. The van der Waals surface area contributed by atoms with Crippen LogP contribution in [-0.2, 0) is 20.8 Å². The van der Waals surface area contributed by atoms with E-state index in [-0.39, 0.29) is 28.8 Å². The molecule has 0 spiro atoms. The van der Waals surface area contributed by atoms with E-state index in [0.29, 0.717) is 34.7 Å². The minimum atomic E-state index is -2.85. The number of nitrogens with two attached hydrogens (primary N) is 1. The van der Waals surface area contributed by atoms with Crippen LogP contribution in [0.2, 0.25) is 0 Å². The fourth-order valence-electron chi connectivity index (χ4n) is 4.33. The van der Waals surface area contributed by atoms with Crippen molar-refractivity contribution >= 4 is 45.6 Å². The first-order valence-electron chi connectivity index (χ1n) is 12.4. The smallest absolute Gasteiger partial charge is 0.357 e. The van der Waals surface area contributed by atoms with E-state index in [1.54, 1.807) is 19.1 Å². The number of hydrogen-bond acceptors (Lipinski definition) is 8. The van der Waals surface area contributed by atoms with E-state index in [1.807, 2.05) is 0 Å². The Labute approximate surface area is 234 Å².